The number of amides is 2. The van der Waals surface area contributed by atoms with Gasteiger partial charge in [0, 0.05) is 18.7 Å². The largest absolute Gasteiger partial charge is 0.451 e. The van der Waals surface area contributed by atoms with Crippen LogP contribution in [0.15, 0.2) is 42.6 Å². The molecular weight excluding hydrogens is 310 g/mol. The van der Waals surface area contributed by atoms with Crippen molar-refractivity contribution in [3.8, 4) is 0 Å². The van der Waals surface area contributed by atoms with Crippen LogP contribution in [-0.4, -0.2) is 35.4 Å². The van der Waals surface area contributed by atoms with Crippen molar-refractivity contribution in [2.45, 2.75) is 19.4 Å². The molecule has 0 saturated heterocycles. The number of hydrogen-bond acceptors (Lipinski definition) is 4. The molecule has 0 aliphatic carbocycles. The number of carbonyl (C=O) groups excluding carboxylic acids is 3. The summed E-state index contributed by atoms with van der Waals surface area (Å²) >= 11 is 0. The van der Waals surface area contributed by atoms with Gasteiger partial charge in [0.05, 0.1) is 11.4 Å². The van der Waals surface area contributed by atoms with Gasteiger partial charge < -0.3 is 19.9 Å². The van der Waals surface area contributed by atoms with Gasteiger partial charge in [-0.3, -0.25) is 9.59 Å². The van der Waals surface area contributed by atoms with E-state index >= 15 is 0 Å². The summed E-state index contributed by atoms with van der Waals surface area (Å²) in [6.07, 6.45) is 1.77. The summed E-state index contributed by atoms with van der Waals surface area (Å²) < 4.78 is 5.07. The molecule has 1 aromatic heterocycles. The molecule has 2 aromatic rings. The van der Waals surface area contributed by atoms with Crippen LogP contribution in [0.1, 0.15) is 23.8 Å². The fourth-order valence-electron chi connectivity index (χ4n) is 2.70. The van der Waals surface area contributed by atoms with Crippen molar-refractivity contribution in [1.29, 1.82) is 0 Å². The first kappa shape index (κ1) is 15.8. The molecule has 124 valence electrons. The number of fused-ring (bicyclic) bond motifs is 1. The average molecular weight is 327 g/mol. The summed E-state index contributed by atoms with van der Waals surface area (Å²) in [6.45, 7) is 1.39. The monoisotopic (exact) mass is 327 g/mol. The van der Waals surface area contributed by atoms with Gasteiger partial charge in [-0.2, -0.15) is 0 Å². The van der Waals surface area contributed by atoms with Crippen LogP contribution in [0.4, 0.5) is 11.4 Å². The zero-order valence-corrected chi connectivity index (χ0v) is 13.1. The number of rotatable bonds is 3. The van der Waals surface area contributed by atoms with Crippen LogP contribution < -0.4 is 10.2 Å². The van der Waals surface area contributed by atoms with E-state index in [0.29, 0.717) is 11.4 Å². The number of ether oxygens (including phenoxy) is 1. The Labute approximate surface area is 138 Å². The van der Waals surface area contributed by atoms with Crippen molar-refractivity contribution in [2.24, 2.45) is 0 Å². The summed E-state index contributed by atoms with van der Waals surface area (Å²) in [5.41, 5.74) is 1.44. The van der Waals surface area contributed by atoms with Crippen molar-refractivity contribution < 1.29 is 19.1 Å². The number of carbonyl (C=O) groups is 3. The standard InChI is InChI=1S/C17H17N3O4/c1-11-9-15(21)19-12-5-2-3-7-14(12)20(11)16(22)10-24-17(23)13-6-4-8-18-13/h2-8,11,18H,9-10H2,1H3,(H,19,21)/t11-/m0/s1. The molecule has 1 aromatic carbocycles. The van der Waals surface area contributed by atoms with E-state index in [9.17, 15) is 14.4 Å². The Balaban J connectivity index is 1.78. The molecule has 0 fully saturated rings. The van der Waals surface area contributed by atoms with Gasteiger partial charge in [-0.1, -0.05) is 12.1 Å². The Morgan fingerprint density at radius 1 is 1.25 bits per heavy atom. The molecule has 2 heterocycles. The minimum Gasteiger partial charge on any atom is -0.451 e. The van der Waals surface area contributed by atoms with Crippen molar-refractivity contribution in [3.05, 3.63) is 48.3 Å². The minimum absolute atomic E-state index is 0.159. The number of hydrogen-bond donors (Lipinski definition) is 2. The predicted octanol–water partition coefficient (Wildman–Crippen LogP) is 1.94. The minimum atomic E-state index is -0.599. The fraction of sp³-hybridized carbons (Fsp3) is 0.235. The van der Waals surface area contributed by atoms with Crippen LogP contribution in [0.2, 0.25) is 0 Å². The molecule has 7 heteroatoms. The molecule has 3 rings (SSSR count). The van der Waals surface area contributed by atoms with E-state index in [4.69, 9.17) is 4.74 Å². The highest BCUT2D eigenvalue weighted by molar-refractivity contribution is 6.05. The quantitative estimate of drug-likeness (QED) is 0.843. The third-order valence-corrected chi connectivity index (χ3v) is 3.77. The number of nitrogens with one attached hydrogen (secondary N) is 2. The summed E-state index contributed by atoms with van der Waals surface area (Å²) in [5.74, 6) is -1.14. The first-order chi connectivity index (χ1) is 11.6. The summed E-state index contributed by atoms with van der Waals surface area (Å²) in [4.78, 5) is 40.6. The molecule has 1 atom stereocenters. The topological polar surface area (TPSA) is 91.5 Å². The molecule has 0 radical (unpaired) electrons. The summed E-state index contributed by atoms with van der Waals surface area (Å²) in [5, 5.41) is 2.78. The van der Waals surface area contributed by atoms with Crippen LogP contribution in [0.5, 0.6) is 0 Å². The number of para-hydroxylation sites is 2. The van der Waals surface area contributed by atoms with Gasteiger partial charge in [0.1, 0.15) is 5.69 Å². The third kappa shape index (κ3) is 3.15. The zero-order valence-electron chi connectivity index (χ0n) is 13.1. The van der Waals surface area contributed by atoms with Gasteiger partial charge in [0.15, 0.2) is 6.61 Å². The van der Waals surface area contributed by atoms with Crippen LogP contribution in [0.25, 0.3) is 0 Å². The highest BCUT2D eigenvalue weighted by atomic mass is 16.5. The third-order valence-electron chi connectivity index (χ3n) is 3.77. The van der Waals surface area contributed by atoms with E-state index in [1.54, 1.807) is 49.5 Å². The molecule has 0 unspecified atom stereocenters. The lowest BCUT2D eigenvalue weighted by Gasteiger charge is -2.27. The molecule has 0 bridgehead atoms. The number of benzene rings is 1. The van der Waals surface area contributed by atoms with Gasteiger partial charge in [-0.15, -0.1) is 0 Å². The van der Waals surface area contributed by atoms with E-state index in [0.717, 1.165) is 0 Å². The molecule has 1 aliphatic heterocycles. The first-order valence-electron chi connectivity index (χ1n) is 7.57. The van der Waals surface area contributed by atoms with Gasteiger partial charge in [0.2, 0.25) is 5.91 Å². The molecule has 24 heavy (non-hydrogen) atoms. The molecular formula is C17H17N3O4. The van der Waals surface area contributed by atoms with Crippen molar-refractivity contribution in [3.63, 3.8) is 0 Å². The van der Waals surface area contributed by atoms with E-state index in [2.05, 4.69) is 10.3 Å². The van der Waals surface area contributed by atoms with E-state index in [-0.39, 0.29) is 30.0 Å². The normalized spacial score (nSPS) is 16.8. The molecule has 1 aliphatic rings. The molecule has 0 saturated carbocycles. The van der Waals surface area contributed by atoms with Gasteiger partial charge in [0.25, 0.3) is 5.91 Å². The van der Waals surface area contributed by atoms with Crippen LogP contribution >= 0.6 is 0 Å². The SMILES string of the molecule is C[C@H]1CC(=O)Nc2ccccc2N1C(=O)COC(=O)c1ccc[nH]1. The highest BCUT2D eigenvalue weighted by Gasteiger charge is 2.30. The average Bonchev–Trinajstić information content (AvgIpc) is 3.04. The van der Waals surface area contributed by atoms with Crippen LogP contribution in [-0.2, 0) is 14.3 Å². The van der Waals surface area contributed by atoms with Crippen LogP contribution in [0, 0.1) is 0 Å². The lowest BCUT2D eigenvalue weighted by molar-refractivity contribution is -0.122. The Bertz CT molecular complexity index is 770. The lowest BCUT2D eigenvalue weighted by atomic mass is 10.1. The Morgan fingerprint density at radius 3 is 2.79 bits per heavy atom. The Kier molecular flexibility index (Phi) is 4.33. The zero-order chi connectivity index (χ0) is 17.1. The number of anilines is 2. The van der Waals surface area contributed by atoms with Crippen molar-refractivity contribution in [1.82, 2.24) is 4.98 Å². The molecule has 2 N–H and O–H groups in total. The molecule has 0 spiro atoms. The number of aromatic nitrogens is 1. The number of nitrogens with zero attached hydrogens (tertiary/aromatic N) is 1. The van der Waals surface area contributed by atoms with Crippen LogP contribution in [0.3, 0.4) is 0 Å². The number of aromatic amines is 1. The number of esters is 1. The second-order valence-electron chi connectivity index (χ2n) is 5.54. The Morgan fingerprint density at radius 2 is 2.04 bits per heavy atom. The lowest BCUT2D eigenvalue weighted by Crippen LogP contribution is -2.41. The maximum absolute atomic E-state index is 12.6. The molecule has 7 nitrogen and oxygen atoms in total. The van der Waals surface area contributed by atoms with Crippen molar-refractivity contribution in [2.75, 3.05) is 16.8 Å². The van der Waals surface area contributed by atoms with Gasteiger partial charge in [-0.25, -0.2) is 4.79 Å². The number of H-pyrrole nitrogens is 1. The smallest absolute Gasteiger partial charge is 0.355 e. The maximum Gasteiger partial charge on any atom is 0.355 e. The predicted molar refractivity (Wildman–Crippen MR) is 87.7 cm³/mol. The second kappa shape index (κ2) is 6.57. The van der Waals surface area contributed by atoms with Crippen molar-refractivity contribution >= 4 is 29.2 Å². The van der Waals surface area contributed by atoms with Gasteiger partial charge >= 0.3 is 5.97 Å². The second-order valence-corrected chi connectivity index (χ2v) is 5.54. The first-order valence-corrected chi connectivity index (χ1v) is 7.57. The summed E-state index contributed by atoms with van der Waals surface area (Å²) in [6, 6.07) is 9.95. The van der Waals surface area contributed by atoms with E-state index in [1.807, 2.05) is 0 Å². The Hall–Kier alpha value is -3.09. The fourth-order valence-corrected chi connectivity index (χ4v) is 2.70. The van der Waals surface area contributed by atoms with E-state index < -0.39 is 12.6 Å². The maximum atomic E-state index is 12.6. The highest BCUT2D eigenvalue weighted by Crippen LogP contribution is 2.31. The summed E-state index contributed by atoms with van der Waals surface area (Å²) in [7, 11) is 0. The van der Waals surface area contributed by atoms with E-state index in [1.165, 1.54) is 4.90 Å². The van der Waals surface area contributed by atoms with Gasteiger partial charge in [-0.05, 0) is 31.2 Å². The molecule has 2 amide bonds.